The number of hydrogen-bond acceptors (Lipinski definition) is 3. The van der Waals surface area contributed by atoms with E-state index in [0.29, 0.717) is 5.75 Å². The van der Waals surface area contributed by atoms with Crippen molar-refractivity contribution in [3.63, 3.8) is 0 Å². The van der Waals surface area contributed by atoms with Crippen LogP contribution in [0.15, 0.2) is 24.3 Å². The first-order valence-corrected chi connectivity index (χ1v) is 5.69. The van der Waals surface area contributed by atoms with Gasteiger partial charge in [-0.25, -0.2) is 4.79 Å². The number of carbonyl (C=O) groups is 1. The molecular weight excluding hydrogens is 202 g/mol. The Balaban J connectivity index is 2.54. The summed E-state index contributed by atoms with van der Waals surface area (Å²) in [5, 5.41) is 0. The van der Waals surface area contributed by atoms with Gasteiger partial charge in [0.1, 0.15) is 11.8 Å². The summed E-state index contributed by atoms with van der Waals surface area (Å²) in [5.74, 6) is 0.156. The number of unbranched alkanes of at least 4 members (excludes halogenated alkanes) is 1. The third kappa shape index (κ3) is 4.03. The minimum absolute atomic E-state index is 0.402. The van der Waals surface area contributed by atoms with E-state index in [2.05, 4.69) is 6.92 Å². The van der Waals surface area contributed by atoms with E-state index >= 15 is 0 Å². The molecule has 0 aliphatic carbocycles. The molecule has 0 fully saturated rings. The van der Waals surface area contributed by atoms with Crippen LogP contribution in [0.3, 0.4) is 0 Å². The van der Waals surface area contributed by atoms with Gasteiger partial charge in [0.25, 0.3) is 0 Å². The predicted molar refractivity (Wildman–Crippen MR) is 64.3 cm³/mol. The van der Waals surface area contributed by atoms with Crippen LogP contribution in [0.25, 0.3) is 0 Å². The molecule has 0 saturated carbocycles. The minimum Gasteiger partial charge on any atom is -0.425 e. The summed E-state index contributed by atoms with van der Waals surface area (Å²) < 4.78 is 5.07. The fraction of sp³-hybridized carbons (Fsp3) is 0.462. The molecular formula is C13H19NO2. The van der Waals surface area contributed by atoms with Gasteiger partial charge in [-0.3, -0.25) is 0 Å². The van der Waals surface area contributed by atoms with Crippen molar-refractivity contribution in [1.82, 2.24) is 0 Å². The molecule has 88 valence electrons. The molecule has 0 amide bonds. The van der Waals surface area contributed by atoms with Gasteiger partial charge in [0.2, 0.25) is 0 Å². The van der Waals surface area contributed by atoms with Gasteiger partial charge in [-0.1, -0.05) is 25.5 Å². The average Bonchev–Trinajstić information content (AvgIpc) is 2.28. The topological polar surface area (TPSA) is 52.3 Å². The molecule has 3 heteroatoms. The summed E-state index contributed by atoms with van der Waals surface area (Å²) in [7, 11) is 0. The first-order valence-electron chi connectivity index (χ1n) is 5.69. The number of nitrogens with two attached hydrogens (primary N) is 1. The molecule has 0 bridgehead atoms. The highest BCUT2D eigenvalue weighted by Gasteiger charge is 2.09. The van der Waals surface area contributed by atoms with Crippen molar-refractivity contribution in [1.29, 1.82) is 0 Å². The van der Waals surface area contributed by atoms with Crippen molar-refractivity contribution in [2.75, 3.05) is 0 Å². The Labute approximate surface area is 96.6 Å². The van der Waals surface area contributed by atoms with Crippen LogP contribution >= 0.6 is 0 Å². The van der Waals surface area contributed by atoms with Crippen molar-refractivity contribution in [3.05, 3.63) is 29.8 Å². The Hall–Kier alpha value is -1.35. The lowest BCUT2D eigenvalue weighted by atomic mass is 10.1. The van der Waals surface area contributed by atoms with Gasteiger partial charge in [0, 0.05) is 0 Å². The zero-order valence-electron chi connectivity index (χ0n) is 9.90. The second-order valence-electron chi connectivity index (χ2n) is 3.96. The number of rotatable bonds is 5. The molecule has 0 heterocycles. The molecule has 0 aromatic heterocycles. The van der Waals surface area contributed by atoms with Crippen LogP contribution in [0.2, 0.25) is 0 Å². The molecule has 1 rings (SSSR count). The summed E-state index contributed by atoms with van der Waals surface area (Å²) in [4.78, 5) is 11.2. The van der Waals surface area contributed by atoms with E-state index in [-0.39, 0.29) is 0 Å². The van der Waals surface area contributed by atoms with E-state index in [9.17, 15) is 4.79 Å². The first-order chi connectivity index (χ1) is 7.63. The molecule has 0 unspecified atom stereocenters. The lowest BCUT2D eigenvalue weighted by Gasteiger charge is -2.07. The van der Waals surface area contributed by atoms with Gasteiger partial charge in [-0.2, -0.15) is 0 Å². The van der Waals surface area contributed by atoms with Gasteiger partial charge in [0.05, 0.1) is 0 Å². The SMILES string of the molecule is CCCCc1ccc(OC(=O)[C@H](C)N)cc1. The lowest BCUT2D eigenvalue weighted by molar-refractivity contribution is -0.135. The van der Waals surface area contributed by atoms with Gasteiger partial charge in [0.15, 0.2) is 0 Å². The molecule has 0 saturated heterocycles. The number of benzene rings is 1. The summed E-state index contributed by atoms with van der Waals surface area (Å²) >= 11 is 0. The predicted octanol–water partition coefficient (Wildman–Crippen LogP) is 2.28. The highest BCUT2D eigenvalue weighted by Crippen LogP contribution is 2.14. The second kappa shape index (κ2) is 6.28. The van der Waals surface area contributed by atoms with E-state index < -0.39 is 12.0 Å². The summed E-state index contributed by atoms with van der Waals surface area (Å²) in [6, 6.07) is 7.01. The third-order valence-corrected chi connectivity index (χ3v) is 2.33. The molecule has 1 aromatic rings. The lowest BCUT2D eigenvalue weighted by Crippen LogP contribution is -2.30. The summed E-state index contributed by atoms with van der Waals surface area (Å²) in [6.45, 7) is 3.77. The fourth-order valence-corrected chi connectivity index (χ4v) is 1.31. The van der Waals surface area contributed by atoms with Crippen LogP contribution < -0.4 is 10.5 Å². The van der Waals surface area contributed by atoms with Crippen LogP contribution in [0.1, 0.15) is 32.3 Å². The largest absolute Gasteiger partial charge is 0.425 e. The molecule has 3 nitrogen and oxygen atoms in total. The zero-order chi connectivity index (χ0) is 12.0. The molecule has 2 N–H and O–H groups in total. The number of ether oxygens (including phenoxy) is 1. The molecule has 0 spiro atoms. The van der Waals surface area contributed by atoms with Crippen molar-refractivity contribution >= 4 is 5.97 Å². The maximum absolute atomic E-state index is 11.2. The molecule has 0 aliphatic rings. The Bertz CT molecular complexity index is 330. The maximum atomic E-state index is 11.2. The van der Waals surface area contributed by atoms with Crippen molar-refractivity contribution in [2.24, 2.45) is 5.73 Å². The van der Waals surface area contributed by atoms with Gasteiger partial charge < -0.3 is 10.5 Å². The van der Waals surface area contributed by atoms with E-state index in [1.165, 1.54) is 18.4 Å². The number of carbonyl (C=O) groups excluding carboxylic acids is 1. The van der Waals surface area contributed by atoms with Crippen molar-refractivity contribution in [3.8, 4) is 5.75 Å². The minimum atomic E-state index is -0.584. The highest BCUT2D eigenvalue weighted by atomic mass is 16.5. The van der Waals surface area contributed by atoms with E-state index in [0.717, 1.165) is 6.42 Å². The fourth-order valence-electron chi connectivity index (χ4n) is 1.31. The van der Waals surface area contributed by atoms with Crippen molar-refractivity contribution in [2.45, 2.75) is 39.2 Å². The van der Waals surface area contributed by atoms with E-state index in [1.54, 1.807) is 6.92 Å². The number of esters is 1. The second-order valence-corrected chi connectivity index (χ2v) is 3.96. The smallest absolute Gasteiger partial charge is 0.328 e. The van der Waals surface area contributed by atoms with Gasteiger partial charge in [-0.05, 0) is 37.5 Å². The first kappa shape index (κ1) is 12.7. The Morgan fingerprint density at radius 2 is 2.00 bits per heavy atom. The summed E-state index contributed by atoms with van der Waals surface area (Å²) in [5.41, 5.74) is 6.67. The van der Waals surface area contributed by atoms with Crippen LogP contribution in [0, 0.1) is 0 Å². The number of aryl methyl sites for hydroxylation is 1. The van der Waals surface area contributed by atoms with Crippen molar-refractivity contribution < 1.29 is 9.53 Å². The normalized spacial score (nSPS) is 12.2. The van der Waals surface area contributed by atoms with Crippen LogP contribution in [0.5, 0.6) is 5.75 Å². The molecule has 0 aliphatic heterocycles. The third-order valence-electron chi connectivity index (χ3n) is 2.33. The monoisotopic (exact) mass is 221 g/mol. The number of hydrogen-bond donors (Lipinski definition) is 1. The Kier molecular flexibility index (Phi) is 4.99. The van der Waals surface area contributed by atoms with Gasteiger partial charge >= 0.3 is 5.97 Å². The summed E-state index contributed by atoms with van der Waals surface area (Å²) in [6.07, 6.45) is 3.43. The molecule has 0 radical (unpaired) electrons. The maximum Gasteiger partial charge on any atom is 0.328 e. The van der Waals surface area contributed by atoms with E-state index in [1.807, 2.05) is 24.3 Å². The van der Waals surface area contributed by atoms with Crippen LogP contribution in [-0.2, 0) is 11.2 Å². The Morgan fingerprint density at radius 3 is 2.50 bits per heavy atom. The van der Waals surface area contributed by atoms with Crippen LogP contribution in [-0.4, -0.2) is 12.0 Å². The van der Waals surface area contributed by atoms with Gasteiger partial charge in [-0.15, -0.1) is 0 Å². The zero-order valence-corrected chi connectivity index (χ0v) is 9.90. The van der Waals surface area contributed by atoms with E-state index in [4.69, 9.17) is 10.5 Å². The quantitative estimate of drug-likeness (QED) is 0.613. The standard InChI is InChI=1S/C13H19NO2/c1-3-4-5-11-6-8-12(9-7-11)16-13(15)10(2)14/h6-10H,3-5,14H2,1-2H3/t10-/m0/s1. The average molecular weight is 221 g/mol. The molecule has 1 atom stereocenters. The Morgan fingerprint density at radius 1 is 1.38 bits per heavy atom. The molecule has 16 heavy (non-hydrogen) atoms. The van der Waals surface area contributed by atoms with Crippen LogP contribution in [0.4, 0.5) is 0 Å². The highest BCUT2D eigenvalue weighted by molar-refractivity contribution is 5.77. The molecule has 1 aromatic carbocycles.